The van der Waals surface area contributed by atoms with E-state index in [-0.39, 0.29) is 24.2 Å². The molecule has 0 amide bonds. The molecule has 3 aromatic heterocycles. The summed E-state index contributed by atoms with van der Waals surface area (Å²) in [5.74, 6) is -0.428. The van der Waals surface area contributed by atoms with Crippen molar-refractivity contribution in [2.24, 2.45) is 0 Å². The van der Waals surface area contributed by atoms with Crippen molar-refractivity contribution < 1.29 is 13.9 Å². The van der Waals surface area contributed by atoms with Gasteiger partial charge in [-0.2, -0.15) is 0 Å². The standard InChI is InChI=1S/C16H13FN6O2S2/c1-8(24)25-6-5-23-14-11(13(18)19-7-20-14)22-15(23)27-16-21-10-4-2-3-9(17)12(10)26-16/h2-4,7H,5-6H2,1H3,(H2,18,19,20). The Balaban J connectivity index is 1.73. The number of rotatable bonds is 5. The lowest BCUT2D eigenvalue weighted by molar-refractivity contribution is -0.141. The van der Waals surface area contributed by atoms with Crippen LogP contribution in [0.3, 0.4) is 0 Å². The van der Waals surface area contributed by atoms with Crippen LogP contribution in [0.4, 0.5) is 10.2 Å². The number of hydrogen-bond acceptors (Lipinski definition) is 9. The fourth-order valence-electron chi connectivity index (χ4n) is 2.51. The van der Waals surface area contributed by atoms with Gasteiger partial charge in [0, 0.05) is 6.92 Å². The molecule has 138 valence electrons. The molecule has 8 nitrogen and oxygen atoms in total. The van der Waals surface area contributed by atoms with Crippen LogP contribution in [-0.4, -0.2) is 37.1 Å². The minimum atomic E-state index is -0.371. The van der Waals surface area contributed by atoms with Crippen LogP contribution in [0.2, 0.25) is 0 Å². The lowest BCUT2D eigenvalue weighted by Gasteiger charge is -2.07. The molecule has 2 N–H and O–H groups in total. The van der Waals surface area contributed by atoms with E-state index >= 15 is 0 Å². The number of nitrogens with zero attached hydrogens (tertiary/aromatic N) is 5. The smallest absolute Gasteiger partial charge is 0.302 e. The minimum absolute atomic E-state index is 0.159. The quantitative estimate of drug-likeness (QED) is 0.506. The first kappa shape index (κ1) is 17.6. The maximum absolute atomic E-state index is 13.9. The van der Waals surface area contributed by atoms with E-state index in [4.69, 9.17) is 10.5 Å². The van der Waals surface area contributed by atoms with Crippen LogP contribution < -0.4 is 5.73 Å². The van der Waals surface area contributed by atoms with Gasteiger partial charge in [0.1, 0.15) is 18.8 Å². The van der Waals surface area contributed by atoms with E-state index in [1.807, 2.05) is 0 Å². The number of esters is 1. The molecule has 4 rings (SSSR count). The second-order valence-corrected chi connectivity index (χ2v) is 7.70. The summed E-state index contributed by atoms with van der Waals surface area (Å²) in [4.78, 5) is 28.2. The third kappa shape index (κ3) is 3.43. The fraction of sp³-hybridized carbons (Fsp3) is 0.188. The van der Waals surface area contributed by atoms with E-state index in [2.05, 4.69) is 19.9 Å². The molecule has 3 heterocycles. The molecule has 0 saturated heterocycles. The molecule has 0 aliphatic rings. The molecule has 0 aliphatic carbocycles. The van der Waals surface area contributed by atoms with E-state index in [1.54, 1.807) is 16.7 Å². The van der Waals surface area contributed by atoms with Gasteiger partial charge < -0.3 is 10.5 Å². The molecule has 0 radical (unpaired) electrons. The Kier molecular flexibility index (Phi) is 4.62. The Morgan fingerprint density at radius 1 is 1.37 bits per heavy atom. The molecule has 0 saturated carbocycles. The largest absolute Gasteiger partial charge is 0.464 e. The monoisotopic (exact) mass is 404 g/mol. The van der Waals surface area contributed by atoms with Crippen LogP contribution in [0.5, 0.6) is 0 Å². The van der Waals surface area contributed by atoms with Crippen molar-refractivity contribution in [2.45, 2.75) is 23.0 Å². The van der Waals surface area contributed by atoms with Gasteiger partial charge >= 0.3 is 5.97 Å². The number of halogens is 1. The summed E-state index contributed by atoms with van der Waals surface area (Å²) in [5, 5.41) is 0.559. The summed E-state index contributed by atoms with van der Waals surface area (Å²) in [5.41, 5.74) is 7.48. The van der Waals surface area contributed by atoms with Crippen LogP contribution in [0.25, 0.3) is 21.4 Å². The molecule has 0 aliphatic heterocycles. The number of benzene rings is 1. The fourth-order valence-corrected chi connectivity index (χ4v) is 4.58. The summed E-state index contributed by atoms with van der Waals surface area (Å²) >= 11 is 2.51. The third-order valence-corrected chi connectivity index (χ3v) is 5.81. The third-order valence-electron chi connectivity index (χ3n) is 3.67. The van der Waals surface area contributed by atoms with Gasteiger partial charge in [0.05, 0.1) is 16.8 Å². The molecule has 0 spiro atoms. The van der Waals surface area contributed by atoms with Crippen molar-refractivity contribution >= 4 is 56.3 Å². The van der Waals surface area contributed by atoms with E-state index < -0.39 is 0 Å². The number of ether oxygens (including phenoxy) is 1. The van der Waals surface area contributed by atoms with Crippen molar-refractivity contribution in [1.29, 1.82) is 0 Å². The predicted octanol–water partition coefficient (Wildman–Crippen LogP) is 2.87. The predicted molar refractivity (Wildman–Crippen MR) is 100 cm³/mol. The highest BCUT2D eigenvalue weighted by Crippen LogP contribution is 2.36. The summed E-state index contributed by atoms with van der Waals surface area (Å²) in [7, 11) is 0. The normalized spacial score (nSPS) is 11.3. The Morgan fingerprint density at radius 2 is 2.22 bits per heavy atom. The Labute approximate surface area is 160 Å². The Hall–Kier alpha value is -2.79. The van der Waals surface area contributed by atoms with Crippen LogP contribution >= 0.6 is 23.1 Å². The van der Waals surface area contributed by atoms with Crippen molar-refractivity contribution in [1.82, 2.24) is 24.5 Å². The highest BCUT2D eigenvalue weighted by molar-refractivity contribution is 8.01. The first-order valence-electron chi connectivity index (χ1n) is 7.86. The molecule has 0 fully saturated rings. The van der Waals surface area contributed by atoms with Gasteiger partial charge in [-0.3, -0.25) is 9.36 Å². The number of carbonyl (C=O) groups excluding carboxylic acids is 1. The second kappa shape index (κ2) is 7.08. The summed E-state index contributed by atoms with van der Waals surface area (Å²) in [6.45, 7) is 1.85. The number of thiazole rings is 1. The van der Waals surface area contributed by atoms with Gasteiger partial charge in [0.15, 0.2) is 26.5 Å². The molecule has 27 heavy (non-hydrogen) atoms. The van der Waals surface area contributed by atoms with E-state index in [9.17, 15) is 9.18 Å². The zero-order valence-electron chi connectivity index (χ0n) is 14.0. The van der Waals surface area contributed by atoms with Crippen molar-refractivity contribution in [3.63, 3.8) is 0 Å². The highest BCUT2D eigenvalue weighted by atomic mass is 32.2. The zero-order chi connectivity index (χ0) is 19.0. The second-order valence-electron chi connectivity index (χ2n) is 5.49. The lowest BCUT2D eigenvalue weighted by Crippen LogP contribution is -2.10. The van der Waals surface area contributed by atoms with E-state index in [0.717, 1.165) is 0 Å². The van der Waals surface area contributed by atoms with E-state index in [1.165, 1.54) is 42.4 Å². The van der Waals surface area contributed by atoms with Crippen molar-refractivity contribution in [2.75, 3.05) is 12.3 Å². The summed E-state index contributed by atoms with van der Waals surface area (Å²) in [6, 6.07) is 4.78. The van der Waals surface area contributed by atoms with Crippen LogP contribution in [-0.2, 0) is 16.1 Å². The number of nitrogen functional groups attached to an aromatic ring is 1. The number of carbonyl (C=O) groups is 1. The average Bonchev–Trinajstić information content (AvgIpc) is 3.18. The van der Waals surface area contributed by atoms with Gasteiger partial charge in [0.25, 0.3) is 0 Å². The van der Waals surface area contributed by atoms with Gasteiger partial charge in [-0.1, -0.05) is 6.07 Å². The number of anilines is 1. The van der Waals surface area contributed by atoms with Gasteiger partial charge in [0.2, 0.25) is 0 Å². The summed E-state index contributed by atoms with van der Waals surface area (Å²) in [6.07, 6.45) is 1.35. The van der Waals surface area contributed by atoms with Gasteiger partial charge in [-0.05, 0) is 23.9 Å². The zero-order valence-corrected chi connectivity index (χ0v) is 15.7. The first-order valence-corrected chi connectivity index (χ1v) is 9.49. The maximum Gasteiger partial charge on any atom is 0.302 e. The van der Waals surface area contributed by atoms with Crippen LogP contribution in [0, 0.1) is 5.82 Å². The molecule has 0 bridgehead atoms. The molecule has 0 unspecified atom stereocenters. The molecule has 0 atom stereocenters. The summed E-state index contributed by atoms with van der Waals surface area (Å²) < 4.78 is 21.9. The molecular formula is C16H13FN6O2S2. The Bertz CT molecular complexity index is 1160. The average molecular weight is 404 g/mol. The molecule has 4 aromatic rings. The molecular weight excluding hydrogens is 391 g/mol. The van der Waals surface area contributed by atoms with Gasteiger partial charge in [-0.15, -0.1) is 11.3 Å². The van der Waals surface area contributed by atoms with Gasteiger partial charge in [-0.25, -0.2) is 24.3 Å². The number of hydrogen-bond donors (Lipinski definition) is 1. The Morgan fingerprint density at radius 3 is 3.00 bits per heavy atom. The van der Waals surface area contributed by atoms with Crippen LogP contribution in [0.15, 0.2) is 34.0 Å². The SMILES string of the molecule is CC(=O)OCCn1c(Sc2nc3cccc(F)c3s2)nc2c(N)ncnc21. The van der Waals surface area contributed by atoms with E-state index in [0.29, 0.717) is 37.4 Å². The van der Waals surface area contributed by atoms with Crippen LogP contribution in [0.1, 0.15) is 6.92 Å². The number of aromatic nitrogens is 5. The lowest BCUT2D eigenvalue weighted by atomic mass is 10.3. The first-order chi connectivity index (χ1) is 13.0. The molecule has 1 aromatic carbocycles. The number of imidazole rings is 1. The number of fused-ring (bicyclic) bond motifs is 2. The topological polar surface area (TPSA) is 109 Å². The van der Waals surface area contributed by atoms with Crippen molar-refractivity contribution in [3.8, 4) is 0 Å². The maximum atomic E-state index is 13.9. The number of nitrogens with two attached hydrogens (primary N) is 1. The minimum Gasteiger partial charge on any atom is -0.464 e. The molecule has 11 heteroatoms. The highest BCUT2D eigenvalue weighted by Gasteiger charge is 2.18. The van der Waals surface area contributed by atoms with Crippen molar-refractivity contribution in [3.05, 3.63) is 30.3 Å².